The number of aryl methyl sites for hydroxylation is 3. The summed E-state index contributed by atoms with van der Waals surface area (Å²) in [6.45, 7) is 12.9. The molecule has 4 amide bonds. The summed E-state index contributed by atoms with van der Waals surface area (Å²) in [6.07, 6.45) is 0.0301. The lowest BCUT2D eigenvalue weighted by atomic mass is 10.0. The number of primary amides is 2. The molecule has 0 saturated carbocycles. The third-order valence-corrected chi connectivity index (χ3v) is 6.53. The van der Waals surface area contributed by atoms with E-state index in [9.17, 15) is 9.59 Å². The van der Waals surface area contributed by atoms with Crippen LogP contribution >= 0.6 is 0 Å². The van der Waals surface area contributed by atoms with E-state index in [1.807, 2.05) is 25.1 Å². The largest absolute Gasteiger partial charge is 0.399 e. The number of benzene rings is 4. The number of rotatable bonds is 4. The van der Waals surface area contributed by atoms with Crippen molar-refractivity contribution in [3.05, 3.63) is 107 Å². The molecule has 1 atom stereocenters. The summed E-state index contributed by atoms with van der Waals surface area (Å²) in [5, 5.41) is 19.2. The van der Waals surface area contributed by atoms with Crippen molar-refractivity contribution in [1.29, 1.82) is 0 Å². The van der Waals surface area contributed by atoms with Gasteiger partial charge in [-0.1, -0.05) is 47.5 Å². The van der Waals surface area contributed by atoms with Gasteiger partial charge in [0.25, 0.3) is 0 Å². The van der Waals surface area contributed by atoms with Crippen molar-refractivity contribution in [3.63, 3.8) is 0 Å². The monoisotopic (exact) mass is 692 g/mol. The van der Waals surface area contributed by atoms with Crippen LogP contribution in [0, 0.1) is 27.7 Å². The fourth-order valence-corrected chi connectivity index (χ4v) is 3.95. The van der Waals surface area contributed by atoms with Crippen LogP contribution in [0.15, 0.2) is 84.9 Å². The van der Waals surface area contributed by atoms with Crippen molar-refractivity contribution in [1.82, 2.24) is 0 Å². The Morgan fingerprint density at radius 1 is 0.700 bits per heavy atom. The third kappa shape index (κ3) is 18.7. The first kappa shape index (κ1) is 44.5. The van der Waals surface area contributed by atoms with Crippen LogP contribution in [-0.4, -0.2) is 34.0 Å². The molecule has 50 heavy (non-hydrogen) atoms. The molecule has 0 heterocycles. The van der Waals surface area contributed by atoms with Gasteiger partial charge in [0, 0.05) is 29.2 Å². The van der Waals surface area contributed by atoms with E-state index in [0.717, 1.165) is 38.3 Å². The second kappa shape index (κ2) is 21.4. The lowest BCUT2D eigenvalue weighted by molar-refractivity contribution is 0.0248. The second-order valence-electron chi connectivity index (χ2n) is 12.1. The fourth-order valence-electron chi connectivity index (χ4n) is 3.95. The minimum atomic E-state index is -0.831. The molecule has 0 spiro atoms. The van der Waals surface area contributed by atoms with Crippen LogP contribution in [-0.2, 0) is 0 Å². The van der Waals surface area contributed by atoms with Gasteiger partial charge in [0.1, 0.15) is 0 Å². The maximum absolute atomic E-state index is 11.0. The summed E-state index contributed by atoms with van der Waals surface area (Å²) in [4.78, 5) is 21.8. The number of carbonyl (C=O) groups excluding carboxylic acids is 2. The maximum Gasteiger partial charge on any atom is 0.333 e. The SMILES string of the molecule is CC(O)CC(C)(C)O.Cc1c(N)cccc1N.Cc1ccc(N(N)C(N)=O)cc1N(N)C(N)=O.Cc1cccc(C)c1.Nc1ccc(N)cc1. The van der Waals surface area contributed by atoms with Crippen molar-refractivity contribution >= 4 is 46.2 Å². The smallest absolute Gasteiger partial charge is 0.333 e. The van der Waals surface area contributed by atoms with Gasteiger partial charge in [0.15, 0.2) is 0 Å². The zero-order valence-electron chi connectivity index (χ0n) is 30.1. The van der Waals surface area contributed by atoms with Crippen LogP contribution in [0.4, 0.5) is 43.7 Å². The number of amides is 4. The predicted octanol–water partition coefficient (Wildman–Crippen LogP) is 4.35. The van der Waals surface area contributed by atoms with Gasteiger partial charge in [-0.15, -0.1) is 0 Å². The van der Waals surface area contributed by atoms with Crippen molar-refractivity contribution in [3.8, 4) is 0 Å². The Balaban J connectivity index is 0.000000628. The van der Waals surface area contributed by atoms with Crippen LogP contribution in [0.3, 0.4) is 0 Å². The number of nitrogen functional groups attached to an aromatic ring is 4. The van der Waals surface area contributed by atoms with Crippen LogP contribution in [0.25, 0.3) is 0 Å². The molecule has 18 N–H and O–H groups in total. The number of anilines is 6. The molecule has 274 valence electrons. The summed E-state index contributed by atoms with van der Waals surface area (Å²) < 4.78 is 0. The maximum atomic E-state index is 11.0. The van der Waals surface area contributed by atoms with Crippen molar-refractivity contribution < 1.29 is 19.8 Å². The summed E-state index contributed by atoms with van der Waals surface area (Å²) in [5.41, 5.74) is 39.2. The molecule has 14 nitrogen and oxygen atoms in total. The molecule has 4 aromatic rings. The minimum Gasteiger partial charge on any atom is -0.399 e. The summed E-state index contributed by atoms with van der Waals surface area (Å²) >= 11 is 0. The van der Waals surface area contributed by atoms with Gasteiger partial charge in [-0.3, -0.25) is 0 Å². The van der Waals surface area contributed by atoms with Crippen LogP contribution in [0.5, 0.6) is 0 Å². The molecule has 0 aliphatic rings. The molecular formula is C36H56N10O4. The highest BCUT2D eigenvalue weighted by molar-refractivity contribution is 5.93. The zero-order chi connectivity index (χ0) is 38.8. The molecule has 0 radical (unpaired) electrons. The van der Waals surface area contributed by atoms with E-state index in [-0.39, 0.29) is 0 Å². The summed E-state index contributed by atoms with van der Waals surface area (Å²) in [7, 11) is 0. The van der Waals surface area contributed by atoms with E-state index in [1.165, 1.54) is 17.2 Å². The lowest BCUT2D eigenvalue weighted by Gasteiger charge is -2.20. The van der Waals surface area contributed by atoms with E-state index < -0.39 is 23.8 Å². The average Bonchev–Trinajstić information content (AvgIpc) is 3.00. The number of nitrogens with zero attached hydrogens (tertiary/aromatic N) is 2. The van der Waals surface area contributed by atoms with Gasteiger partial charge >= 0.3 is 12.1 Å². The minimum absolute atomic E-state index is 0.301. The number of hydrogen-bond acceptors (Lipinski definition) is 10. The number of urea groups is 2. The number of hydrogen-bond donors (Lipinski definition) is 10. The Morgan fingerprint density at radius 2 is 1.12 bits per heavy atom. The Kier molecular flexibility index (Phi) is 19.1. The second-order valence-corrected chi connectivity index (χ2v) is 12.1. The summed E-state index contributed by atoms with van der Waals surface area (Å²) in [6, 6.07) is 24.0. The van der Waals surface area contributed by atoms with Crippen molar-refractivity contribution in [2.75, 3.05) is 33.0 Å². The van der Waals surface area contributed by atoms with Crippen LogP contribution in [0.1, 0.15) is 49.4 Å². The van der Waals surface area contributed by atoms with Gasteiger partial charge in [0.05, 0.1) is 23.1 Å². The van der Waals surface area contributed by atoms with E-state index >= 15 is 0 Å². The highest BCUT2D eigenvalue weighted by Gasteiger charge is 2.15. The Bertz CT molecular complexity index is 1570. The topological polar surface area (TPSA) is 289 Å². The van der Waals surface area contributed by atoms with Gasteiger partial charge in [0.2, 0.25) is 0 Å². The van der Waals surface area contributed by atoms with Gasteiger partial charge in [-0.25, -0.2) is 31.3 Å². The number of nitrogens with two attached hydrogens (primary N) is 8. The Hall–Kier alpha value is -5.54. The van der Waals surface area contributed by atoms with Crippen molar-refractivity contribution in [2.45, 2.75) is 66.6 Å². The van der Waals surface area contributed by atoms with E-state index in [4.69, 9.17) is 56.3 Å². The first-order valence-corrected chi connectivity index (χ1v) is 15.5. The molecule has 0 fully saturated rings. The Labute approximate surface area is 295 Å². The zero-order valence-corrected chi connectivity index (χ0v) is 30.1. The molecule has 0 aliphatic heterocycles. The van der Waals surface area contributed by atoms with Crippen LogP contribution < -0.4 is 56.1 Å². The fraction of sp³-hybridized carbons (Fsp3) is 0.278. The highest BCUT2D eigenvalue weighted by atomic mass is 16.3. The number of aliphatic hydroxyl groups excluding tert-OH is 1. The molecule has 1 unspecified atom stereocenters. The normalized spacial score (nSPS) is 10.5. The molecular weight excluding hydrogens is 636 g/mol. The standard InChI is InChI=1S/C9H14N6O2.C8H10.C7H10N2.C6H8N2.C6H14O2/c1-5-2-3-6(14(12)8(10)16)4-7(5)15(13)9(11)17;1-7-4-3-5-8(2)6-7;1-5-6(8)3-2-4-7(5)9;7-5-1-2-6(8)4-3-5;1-5(7)4-6(2,3)8/h2-4H,12-13H2,1H3,(H2,10,16)(H2,11,17);3-6H,1-2H3;2-4H,8-9H2,1H3;1-4H,7-8H2;5,7-8H,4H2,1-3H3. The number of hydrazine groups is 2. The van der Waals surface area contributed by atoms with Crippen molar-refractivity contribution in [2.24, 2.45) is 23.2 Å². The van der Waals surface area contributed by atoms with E-state index in [0.29, 0.717) is 23.4 Å². The first-order valence-electron chi connectivity index (χ1n) is 15.5. The number of aliphatic hydroxyl groups is 2. The van der Waals surface area contributed by atoms with Gasteiger partial charge in [-0.2, -0.15) is 0 Å². The molecule has 4 aromatic carbocycles. The first-order chi connectivity index (χ1) is 23.0. The molecule has 0 aromatic heterocycles. The third-order valence-electron chi connectivity index (χ3n) is 6.53. The molecule has 0 aliphatic carbocycles. The molecule has 14 heteroatoms. The highest BCUT2D eigenvalue weighted by Crippen LogP contribution is 2.24. The molecule has 0 bridgehead atoms. The molecule has 4 rings (SSSR count). The number of carbonyl (C=O) groups is 2. The predicted molar refractivity (Wildman–Crippen MR) is 207 cm³/mol. The lowest BCUT2D eigenvalue weighted by Crippen LogP contribution is -2.43. The van der Waals surface area contributed by atoms with E-state index in [1.54, 1.807) is 64.1 Å². The summed E-state index contributed by atoms with van der Waals surface area (Å²) in [5.74, 6) is 10.9. The van der Waals surface area contributed by atoms with Gasteiger partial charge < -0.3 is 44.6 Å². The van der Waals surface area contributed by atoms with Crippen LogP contribution in [0.2, 0.25) is 0 Å². The quantitative estimate of drug-likeness (QED) is 0.0624. The van der Waals surface area contributed by atoms with Gasteiger partial charge in [-0.05, 0) is 108 Å². The average molecular weight is 693 g/mol. The Morgan fingerprint density at radius 3 is 1.42 bits per heavy atom. The van der Waals surface area contributed by atoms with E-state index in [2.05, 4.69) is 38.1 Å². The molecule has 0 saturated heterocycles.